The lowest BCUT2D eigenvalue weighted by Gasteiger charge is -2.03. The number of rotatable bonds is 4. The third-order valence-corrected chi connectivity index (χ3v) is 3.73. The summed E-state index contributed by atoms with van der Waals surface area (Å²) in [6.45, 7) is 0. The summed E-state index contributed by atoms with van der Waals surface area (Å²) in [6.07, 6.45) is 1.49. The summed E-state index contributed by atoms with van der Waals surface area (Å²) in [5.74, 6) is 0.215. The zero-order valence-electron chi connectivity index (χ0n) is 12.5. The summed E-state index contributed by atoms with van der Waals surface area (Å²) >= 11 is 11.2. The molecular weight excluding hydrogens is 351 g/mol. The Balaban J connectivity index is 1.97. The molecule has 0 fully saturated rings. The second kappa shape index (κ2) is 6.94. The van der Waals surface area contributed by atoms with E-state index in [4.69, 9.17) is 28.6 Å². The van der Waals surface area contributed by atoms with Gasteiger partial charge in [-0.2, -0.15) is 14.9 Å². The third-order valence-electron chi connectivity index (χ3n) is 3.23. The van der Waals surface area contributed by atoms with Gasteiger partial charge in [0.15, 0.2) is 17.4 Å². The molecule has 0 bridgehead atoms. The molecule has 8 heteroatoms. The summed E-state index contributed by atoms with van der Waals surface area (Å²) in [4.78, 5) is 0. The Morgan fingerprint density at radius 2 is 2.17 bits per heavy atom. The quantitative estimate of drug-likeness (QED) is 0.556. The van der Waals surface area contributed by atoms with Crippen LogP contribution < -0.4 is 4.74 Å². The first kappa shape index (κ1) is 16.4. The van der Waals surface area contributed by atoms with Crippen molar-refractivity contribution in [1.29, 1.82) is 0 Å². The summed E-state index contributed by atoms with van der Waals surface area (Å²) < 4.78 is 20.4. The zero-order chi connectivity index (χ0) is 17.1. The van der Waals surface area contributed by atoms with Gasteiger partial charge in [0.25, 0.3) is 0 Å². The number of aromatic nitrogens is 3. The number of hydrogen-bond donors (Lipinski definition) is 1. The van der Waals surface area contributed by atoms with Gasteiger partial charge < -0.3 is 4.74 Å². The molecule has 0 aliphatic carbocycles. The molecule has 0 spiro atoms. The Hall–Kier alpha value is -2.51. The lowest BCUT2D eigenvalue weighted by Crippen LogP contribution is -1.96. The highest BCUT2D eigenvalue weighted by Gasteiger charge is 2.08. The molecule has 2 aromatic carbocycles. The number of ether oxygens (including phenoxy) is 1. The molecule has 0 aliphatic heterocycles. The van der Waals surface area contributed by atoms with E-state index in [0.29, 0.717) is 21.2 Å². The molecule has 0 aliphatic rings. The zero-order valence-corrected chi connectivity index (χ0v) is 14.1. The molecule has 0 atom stereocenters. The fourth-order valence-corrected chi connectivity index (χ4v) is 2.47. The van der Waals surface area contributed by atoms with Crippen LogP contribution in [0.3, 0.4) is 0 Å². The predicted molar refractivity (Wildman–Crippen MR) is 93.8 cm³/mol. The molecule has 0 unspecified atom stereocenters. The minimum Gasteiger partial charge on any atom is -0.494 e. The largest absolute Gasteiger partial charge is 0.494 e. The second-order valence-corrected chi connectivity index (χ2v) is 5.64. The van der Waals surface area contributed by atoms with Crippen LogP contribution in [-0.2, 0) is 0 Å². The van der Waals surface area contributed by atoms with Crippen LogP contribution in [0.15, 0.2) is 47.6 Å². The van der Waals surface area contributed by atoms with Crippen molar-refractivity contribution in [2.45, 2.75) is 0 Å². The highest BCUT2D eigenvalue weighted by atomic mass is 35.5. The van der Waals surface area contributed by atoms with Crippen molar-refractivity contribution in [1.82, 2.24) is 14.9 Å². The molecule has 5 nitrogen and oxygen atoms in total. The van der Waals surface area contributed by atoms with Gasteiger partial charge in [0.2, 0.25) is 4.77 Å². The Bertz CT molecular complexity index is 967. The number of nitrogens with one attached hydrogen (secondary N) is 1. The van der Waals surface area contributed by atoms with E-state index >= 15 is 0 Å². The van der Waals surface area contributed by atoms with Gasteiger partial charge in [-0.25, -0.2) is 9.49 Å². The molecule has 3 rings (SSSR count). The molecular formula is C16H12ClFN4OS. The number of aromatic amines is 1. The number of methoxy groups -OCH3 is 1. The summed E-state index contributed by atoms with van der Waals surface area (Å²) in [7, 11) is 1.41. The average Bonchev–Trinajstić information content (AvgIpc) is 2.94. The van der Waals surface area contributed by atoms with Crippen molar-refractivity contribution >= 4 is 30.0 Å². The Morgan fingerprint density at radius 1 is 1.33 bits per heavy atom. The Morgan fingerprint density at radius 3 is 2.88 bits per heavy atom. The van der Waals surface area contributed by atoms with E-state index in [1.54, 1.807) is 18.2 Å². The standard InChI is InChI=1S/C16H12ClFN4OS/c1-23-14-6-5-10(7-13(14)18)9-19-22-15(20-21-16(22)24)11-3-2-4-12(17)8-11/h2-9H,1H3,(H,21,24)/b19-9-. The van der Waals surface area contributed by atoms with Crippen molar-refractivity contribution in [3.63, 3.8) is 0 Å². The van der Waals surface area contributed by atoms with Crippen LogP contribution in [0.25, 0.3) is 11.4 Å². The normalized spacial score (nSPS) is 11.1. The second-order valence-electron chi connectivity index (χ2n) is 4.81. The third kappa shape index (κ3) is 3.37. The molecule has 24 heavy (non-hydrogen) atoms. The fourth-order valence-electron chi connectivity index (χ4n) is 2.10. The molecule has 1 heterocycles. The van der Waals surface area contributed by atoms with Crippen LogP contribution in [0, 0.1) is 10.6 Å². The molecule has 1 N–H and O–H groups in total. The van der Waals surface area contributed by atoms with E-state index in [1.807, 2.05) is 12.1 Å². The molecule has 0 radical (unpaired) electrons. The summed E-state index contributed by atoms with van der Waals surface area (Å²) in [5, 5.41) is 11.7. The van der Waals surface area contributed by atoms with Gasteiger partial charge in [-0.05, 0) is 48.1 Å². The van der Waals surface area contributed by atoms with Crippen LogP contribution in [-0.4, -0.2) is 28.2 Å². The average molecular weight is 363 g/mol. The molecule has 122 valence electrons. The number of nitrogens with zero attached hydrogens (tertiary/aromatic N) is 3. The van der Waals surface area contributed by atoms with Crippen molar-refractivity contribution < 1.29 is 9.13 Å². The number of hydrogen-bond acceptors (Lipinski definition) is 4. The molecule has 1 aromatic heterocycles. The topological polar surface area (TPSA) is 55.2 Å². The van der Waals surface area contributed by atoms with Crippen molar-refractivity contribution in [3.05, 3.63) is 63.6 Å². The first-order chi connectivity index (χ1) is 11.6. The molecule has 0 saturated heterocycles. The number of H-pyrrole nitrogens is 1. The van der Waals surface area contributed by atoms with E-state index < -0.39 is 5.82 Å². The van der Waals surface area contributed by atoms with Gasteiger partial charge in [-0.1, -0.05) is 23.7 Å². The van der Waals surface area contributed by atoms with Gasteiger partial charge in [-0.15, -0.1) is 0 Å². The fraction of sp³-hybridized carbons (Fsp3) is 0.0625. The molecule has 3 aromatic rings. The summed E-state index contributed by atoms with van der Waals surface area (Å²) in [5.41, 5.74) is 1.32. The maximum Gasteiger partial charge on any atom is 0.216 e. The van der Waals surface area contributed by atoms with Gasteiger partial charge in [0, 0.05) is 10.6 Å². The highest BCUT2D eigenvalue weighted by Crippen LogP contribution is 2.21. The van der Waals surface area contributed by atoms with Gasteiger partial charge in [0.05, 0.1) is 13.3 Å². The van der Waals surface area contributed by atoms with Crippen LogP contribution in [0.2, 0.25) is 5.02 Å². The van der Waals surface area contributed by atoms with E-state index in [0.717, 1.165) is 5.56 Å². The van der Waals surface area contributed by atoms with Crippen LogP contribution in [0.1, 0.15) is 5.56 Å². The lowest BCUT2D eigenvalue weighted by atomic mass is 10.2. The SMILES string of the molecule is COc1ccc(/C=N\n2c(-c3cccc(Cl)c3)n[nH]c2=S)cc1F. The smallest absolute Gasteiger partial charge is 0.216 e. The van der Waals surface area contributed by atoms with Gasteiger partial charge in [0.1, 0.15) is 0 Å². The highest BCUT2D eigenvalue weighted by molar-refractivity contribution is 7.71. The van der Waals surface area contributed by atoms with Crippen LogP contribution in [0.4, 0.5) is 4.39 Å². The molecule has 0 amide bonds. The minimum absolute atomic E-state index is 0.173. The van der Waals surface area contributed by atoms with Crippen molar-refractivity contribution in [2.24, 2.45) is 5.10 Å². The van der Waals surface area contributed by atoms with Gasteiger partial charge >= 0.3 is 0 Å². The maximum absolute atomic E-state index is 13.7. The Kier molecular flexibility index (Phi) is 4.73. The van der Waals surface area contributed by atoms with E-state index in [-0.39, 0.29) is 5.75 Å². The number of halogens is 2. The monoisotopic (exact) mass is 362 g/mol. The summed E-state index contributed by atoms with van der Waals surface area (Å²) in [6, 6.07) is 11.7. The van der Waals surface area contributed by atoms with Crippen LogP contribution in [0.5, 0.6) is 5.75 Å². The van der Waals surface area contributed by atoms with Crippen LogP contribution >= 0.6 is 23.8 Å². The van der Waals surface area contributed by atoms with E-state index in [1.165, 1.54) is 30.1 Å². The van der Waals surface area contributed by atoms with E-state index in [9.17, 15) is 4.39 Å². The minimum atomic E-state index is -0.465. The number of benzene rings is 2. The van der Waals surface area contributed by atoms with Gasteiger partial charge in [-0.3, -0.25) is 0 Å². The van der Waals surface area contributed by atoms with Crippen molar-refractivity contribution in [3.8, 4) is 17.1 Å². The first-order valence-electron chi connectivity index (χ1n) is 6.90. The molecule has 0 saturated carbocycles. The predicted octanol–water partition coefficient (Wildman–Crippen LogP) is 4.29. The maximum atomic E-state index is 13.7. The van der Waals surface area contributed by atoms with E-state index in [2.05, 4.69) is 15.3 Å². The Labute approximate surface area is 147 Å². The first-order valence-corrected chi connectivity index (χ1v) is 7.68. The van der Waals surface area contributed by atoms with Crippen molar-refractivity contribution in [2.75, 3.05) is 7.11 Å². The lowest BCUT2D eigenvalue weighted by molar-refractivity contribution is 0.386.